The SMILES string of the molecule is COc1ccc2cc(C(=O)Nc3ccc(NC(C)=O)c(Cl)c3)c(C)nc2c1. The van der Waals surface area contributed by atoms with E-state index in [1.807, 2.05) is 18.2 Å². The molecule has 0 atom stereocenters. The Kier molecular flexibility index (Phi) is 5.28. The summed E-state index contributed by atoms with van der Waals surface area (Å²) >= 11 is 6.15. The minimum absolute atomic E-state index is 0.219. The van der Waals surface area contributed by atoms with Gasteiger partial charge in [0.25, 0.3) is 5.91 Å². The van der Waals surface area contributed by atoms with Gasteiger partial charge in [-0.25, -0.2) is 0 Å². The van der Waals surface area contributed by atoms with Crippen LogP contribution in [0.2, 0.25) is 5.02 Å². The Balaban J connectivity index is 1.86. The van der Waals surface area contributed by atoms with Crippen LogP contribution in [0.4, 0.5) is 11.4 Å². The van der Waals surface area contributed by atoms with Crippen LogP contribution in [0.15, 0.2) is 42.5 Å². The molecule has 3 aromatic rings. The third-order valence-electron chi connectivity index (χ3n) is 4.00. The van der Waals surface area contributed by atoms with Gasteiger partial charge in [0.05, 0.1) is 34.6 Å². The fourth-order valence-corrected chi connectivity index (χ4v) is 2.91. The summed E-state index contributed by atoms with van der Waals surface area (Å²) in [6.45, 7) is 3.18. The average molecular weight is 384 g/mol. The van der Waals surface area contributed by atoms with Crippen molar-refractivity contribution in [2.24, 2.45) is 0 Å². The van der Waals surface area contributed by atoms with E-state index in [2.05, 4.69) is 15.6 Å². The molecule has 1 aromatic heterocycles. The molecule has 0 aliphatic heterocycles. The van der Waals surface area contributed by atoms with Gasteiger partial charge in [-0.1, -0.05) is 11.6 Å². The summed E-state index contributed by atoms with van der Waals surface area (Å²) in [4.78, 5) is 28.3. The molecule has 0 saturated heterocycles. The van der Waals surface area contributed by atoms with Crippen LogP contribution in [0.5, 0.6) is 5.75 Å². The van der Waals surface area contributed by atoms with Crippen LogP contribution in [-0.4, -0.2) is 23.9 Å². The van der Waals surface area contributed by atoms with Crippen molar-refractivity contribution in [1.82, 2.24) is 4.98 Å². The number of hydrogen-bond acceptors (Lipinski definition) is 4. The maximum Gasteiger partial charge on any atom is 0.257 e. The minimum Gasteiger partial charge on any atom is -0.497 e. The lowest BCUT2D eigenvalue weighted by Crippen LogP contribution is -2.14. The van der Waals surface area contributed by atoms with E-state index in [9.17, 15) is 9.59 Å². The van der Waals surface area contributed by atoms with E-state index in [1.165, 1.54) is 6.92 Å². The fourth-order valence-electron chi connectivity index (χ4n) is 2.68. The number of nitrogens with zero attached hydrogens (tertiary/aromatic N) is 1. The van der Waals surface area contributed by atoms with Crippen LogP contribution in [0.25, 0.3) is 10.9 Å². The quantitative estimate of drug-likeness (QED) is 0.699. The van der Waals surface area contributed by atoms with Crippen molar-refractivity contribution in [3.8, 4) is 5.75 Å². The van der Waals surface area contributed by atoms with Gasteiger partial charge >= 0.3 is 0 Å². The highest BCUT2D eigenvalue weighted by atomic mass is 35.5. The number of aromatic nitrogens is 1. The van der Waals surface area contributed by atoms with Gasteiger partial charge in [-0.3, -0.25) is 14.6 Å². The van der Waals surface area contributed by atoms with Gasteiger partial charge in [-0.2, -0.15) is 0 Å². The maximum absolute atomic E-state index is 12.7. The number of pyridine rings is 1. The van der Waals surface area contributed by atoms with Crippen molar-refractivity contribution in [2.45, 2.75) is 13.8 Å². The molecule has 0 fully saturated rings. The van der Waals surface area contributed by atoms with Crippen molar-refractivity contribution >= 4 is 45.7 Å². The van der Waals surface area contributed by atoms with Gasteiger partial charge in [-0.05, 0) is 43.3 Å². The van der Waals surface area contributed by atoms with E-state index in [0.717, 1.165) is 10.9 Å². The summed E-state index contributed by atoms with van der Waals surface area (Å²) < 4.78 is 5.21. The Hall–Kier alpha value is -3.12. The molecule has 0 unspecified atom stereocenters. The van der Waals surface area contributed by atoms with E-state index in [-0.39, 0.29) is 11.8 Å². The standard InChI is InChI=1S/C20H18ClN3O3/c1-11-16(8-13-4-6-15(27-3)10-19(13)22-11)20(26)24-14-5-7-18(17(21)9-14)23-12(2)25/h4-10H,1-3H3,(H,23,25)(H,24,26). The third kappa shape index (κ3) is 4.17. The lowest BCUT2D eigenvalue weighted by molar-refractivity contribution is -0.114. The predicted molar refractivity (Wildman–Crippen MR) is 107 cm³/mol. The van der Waals surface area contributed by atoms with Crippen LogP contribution in [-0.2, 0) is 4.79 Å². The van der Waals surface area contributed by atoms with Gasteiger partial charge < -0.3 is 15.4 Å². The molecule has 27 heavy (non-hydrogen) atoms. The highest BCUT2D eigenvalue weighted by Gasteiger charge is 2.13. The number of nitrogens with one attached hydrogen (secondary N) is 2. The first kappa shape index (κ1) is 18.7. The van der Waals surface area contributed by atoms with Gasteiger partial charge in [0.1, 0.15) is 5.75 Å². The zero-order chi connectivity index (χ0) is 19.6. The second-order valence-electron chi connectivity index (χ2n) is 6.01. The Labute approximate surface area is 161 Å². The number of benzene rings is 2. The van der Waals surface area contributed by atoms with Gasteiger partial charge in [0.2, 0.25) is 5.91 Å². The third-order valence-corrected chi connectivity index (χ3v) is 4.31. The molecule has 2 amide bonds. The van der Waals surface area contributed by atoms with Gasteiger partial charge in [0.15, 0.2) is 0 Å². The first-order valence-corrected chi connectivity index (χ1v) is 8.59. The lowest BCUT2D eigenvalue weighted by atomic mass is 10.1. The summed E-state index contributed by atoms with van der Waals surface area (Å²) in [5.41, 5.74) is 2.84. The van der Waals surface area contributed by atoms with Crippen molar-refractivity contribution in [3.05, 3.63) is 58.7 Å². The number of fused-ring (bicyclic) bond motifs is 1. The number of anilines is 2. The number of aryl methyl sites for hydroxylation is 1. The Morgan fingerprint density at radius 3 is 2.52 bits per heavy atom. The van der Waals surface area contributed by atoms with Crippen LogP contribution >= 0.6 is 11.6 Å². The molecule has 0 radical (unpaired) electrons. The molecular formula is C20H18ClN3O3. The normalized spacial score (nSPS) is 10.5. The molecule has 0 aliphatic carbocycles. The zero-order valence-corrected chi connectivity index (χ0v) is 15.8. The molecule has 6 nitrogen and oxygen atoms in total. The van der Waals surface area contributed by atoms with Crippen molar-refractivity contribution < 1.29 is 14.3 Å². The molecule has 0 saturated carbocycles. The first-order chi connectivity index (χ1) is 12.9. The van der Waals surface area contributed by atoms with Gasteiger partial charge in [0, 0.05) is 24.1 Å². The zero-order valence-electron chi connectivity index (χ0n) is 15.1. The molecule has 3 rings (SSSR count). The van der Waals surface area contributed by atoms with Crippen LogP contribution in [0, 0.1) is 6.92 Å². The number of ether oxygens (including phenoxy) is 1. The van der Waals surface area contributed by atoms with Crippen LogP contribution in [0.3, 0.4) is 0 Å². The molecular weight excluding hydrogens is 366 g/mol. The maximum atomic E-state index is 12.7. The molecule has 2 N–H and O–H groups in total. The van der Waals surface area contributed by atoms with E-state index in [4.69, 9.17) is 16.3 Å². The second kappa shape index (κ2) is 7.63. The number of hydrogen-bond donors (Lipinski definition) is 2. The average Bonchev–Trinajstić information content (AvgIpc) is 2.62. The van der Waals surface area contributed by atoms with E-state index < -0.39 is 0 Å². The van der Waals surface area contributed by atoms with Crippen LogP contribution < -0.4 is 15.4 Å². The van der Waals surface area contributed by atoms with E-state index in [1.54, 1.807) is 38.3 Å². The fraction of sp³-hybridized carbons (Fsp3) is 0.150. The molecule has 1 heterocycles. The monoisotopic (exact) mass is 383 g/mol. The largest absolute Gasteiger partial charge is 0.497 e. The van der Waals surface area contributed by atoms with E-state index >= 15 is 0 Å². The summed E-state index contributed by atoms with van der Waals surface area (Å²) in [6.07, 6.45) is 0. The number of carbonyl (C=O) groups excluding carboxylic acids is 2. The smallest absolute Gasteiger partial charge is 0.257 e. The summed E-state index contributed by atoms with van der Waals surface area (Å²) in [5, 5.41) is 6.60. The molecule has 0 bridgehead atoms. The number of amides is 2. The number of methoxy groups -OCH3 is 1. The van der Waals surface area contributed by atoms with Crippen molar-refractivity contribution in [3.63, 3.8) is 0 Å². The summed E-state index contributed by atoms with van der Waals surface area (Å²) in [7, 11) is 1.60. The highest BCUT2D eigenvalue weighted by Crippen LogP contribution is 2.27. The molecule has 2 aromatic carbocycles. The molecule has 0 spiro atoms. The number of rotatable bonds is 4. The summed E-state index contributed by atoms with van der Waals surface area (Å²) in [6, 6.07) is 12.2. The topological polar surface area (TPSA) is 80.3 Å². The number of halogens is 1. The molecule has 138 valence electrons. The highest BCUT2D eigenvalue weighted by molar-refractivity contribution is 6.34. The van der Waals surface area contributed by atoms with Gasteiger partial charge in [-0.15, -0.1) is 0 Å². The number of carbonyl (C=O) groups is 2. The Morgan fingerprint density at radius 1 is 1.07 bits per heavy atom. The van der Waals surface area contributed by atoms with Crippen molar-refractivity contribution in [1.29, 1.82) is 0 Å². The lowest BCUT2D eigenvalue weighted by Gasteiger charge is -2.11. The second-order valence-corrected chi connectivity index (χ2v) is 6.42. The van der Waals surface area contributed by atoms with Crippen molar-refractivity contribution in [2.75, 3.05) is 17.7 Å². The molecule has 0 aliphatic rings. The first-order valence-electron chi connectivity index (χ1n) is 8.21. The summed E-state index contributed by atoms with van der Waals surface area (Å²) in [5.74, 6) is 0.199. The van der Waals surface area contributed by atoms with E-state index in [0.29, 0.717) is 33.4 Å². The minimum atomic E-state index is -0.291. The predicted octanol–water partition coefficient (Wildman–Crippen LogP) is 4.42. The Bertz CT molecular complexity index is 1050. The van der Waals surface area contributed by atoms with Crippen LogP contribution in [0.1, 0.15) is 23.0 Å². The molecule has 7 heteroatoms. The Morgan fingerprint density at radius 2 is 1.85 bits per heavy atom.